The molecule has 0 radical (unpaired) electrons. The van der Waals surface area contributed by atoms with Crippen molar-refractivity contribution in [3.05, 3.63) is 424 Å². The zero-order valence-electron chi connectivity index (χ0n) is 69.6. The molecule has 0 spiro atoms. The third kappa shape index (κ3) is 11.4. The van der Waals surface area contributed by atoms with Crippen molar-refractivity contribution in [2.75, 3.05) is 9.80 Å². The van der Waals surface area contributed by atoms with E-state index in [1.807, 2.05) is 12.1 Å². The molecule has 0 aliphatic carbocycles. The molecule has 524 valence electrons. The predicted octanol–water partition coefficient (Wildman–Crippen LogP) is 23.2. The molecule has 2 aliphatic rings. The van der Waals surface area contributed by atoms with Crippen molar-refractivity contribution in [2.24, 2.45) is 0 Å². The standard InChI is InChI=1S/C106H78BN3Si/c1-106(2,3)83-70-101-103-102(71-83)110(105-93(77-44-21-8-22-45-77)67-82(74-38-15-5-16-39-74)68-94(105)78-46-23-9-24-47-78)100-72-84(108-97-58-33-31-56-89(97)90-57-32-34-59-98(90)108)61-62-95(100)107(103)96-69-80(79-48-35-55-88(64-79)111(85-49-25-10-26-50-85,86-51-27-11-28-52-86)87-53-29-12-30-54-87)60-63-99(96)109(101)104-91(75-40-17-6-18-41-75)65-81(73-36-13-4-14-37-73)66-92(104)76-42-19-7-20-43-76/h4-72H,1-3H3/i31D,32D,33D,34D,56D,57D,58D,59D. The first kappa shape index (κ1) is 58.5. The van der Waals surface area contributed by atoms with Gasteiger partial charge in [0, 0.05) is 61.5 Å². The number of rotatable bonds is 14. The fraction of sp³-hybridized carbons (Fsp3) is 0.0377. The van der Waals surface area contributed by atoms with Crippen molar-refractivity contribution in [3.8, 4) is 83.6 Å². The van der Waals surface area contributed by atoms with Crippen molar-refractivity contribution >= 4 is 108 Å². The molecule has 2 aliphatic heterocycles. The highest BCUT2D eigenvalue weighted by atomic mass is 28.3. The van der Waals surface area contributed by atoms with Gasteiger partial charge in [-0.05, 0) is 170 Å². The minimum atomic E-state index is -3.10. The minimum absolute atomic E-state index is 0.00210. The van der Waals surface area contributed by atoms with E-state index in [0.717, 1.165) is 134 Å². The molecule has 5 heteroatoms. The zero-order chi connectivity index (χ0) is 81.1. The Morgan fingerprint density at radius 3 is 1.05 bits per heavy atom. The van der Waals surface area contributed by atoms with E-state index in [0.29, 0.717) is 5.69 Å². The fourth-order valence-electron chi connectivity index (χ4n) is 17.6. The lowest BCUT2D eigenvalue weighted by atomic mass is 9.33. The van der Waals surface area contributed by atoms with Crippen molar-refractivity contribution in [3.63, 3.8) is 0 Å². The molecule has 0 unspecified atom stereocenters. The van der Waals surface area contributed by atoms with Crippen LogP contribution in [-0.2, 0) is 5.41 Å². The molecule has 0 bridgehead atoms. The topological polar surface area (TPSA) is 11.4 Å². The van der Waals surface area contributed by atoms with Gasteiger partial charge in [0.1, 0.15) is 0 Å². The summed E-state index contributed by atoms with van der Waals surface area (Å²) < 4.78 is 78.1. The Bertz CT molecular complexity index is 6740. The Morgan fingerprint density at radius 2 is 0.640 bits per heavy atom. The van der Waals surface area contributed by atoms with Gasteiger partial charge in [-0.1, -0.05) is 372 Å². The van der Waals surface area contributed by atoms with Gasteiger partial charge in [0.15, 0.2) is 8.07 Å². The van der Waals surface area contributed by atoms with Crippen LogP contribution in [0.4, 0.5) is 34.1 Å². The van der Waals surface area contributed by atoms with Crippen molar-refractivity contribution in [1.29, 1.82) is 0 Å². The smallest absolute Gasteiger partial charge is 0.252 e. The number of fused-ring (bicyclic) bond motifs is 7. The Morgan fingerprint density at radius 1 is 0.279 bits per heavy atom. The van der Waals surface area contributed by atoms with Gasteiger partial charge in [-0.15, -0.1) is 0 Å². The number of aromatic nitrogens is 1. The molecule has 0 N–H and O–H groups in total. The highest BCUT2D eigenvalue weighted by Gasteiger charge is 2.47. The monoisotopic (exact) mass is 1440 g/mol. The van der Waals surface area contributed by atoms with Crippen LogP contribution in [0.1, 0.15) is 37.3 Å². The predicted molar refractivity (Wildman–Crippen MR) is 475 cm³/mol. The van der Waals surface area contributed by atoms with Crippen molar-refractivity contribution < 1.29 is 11.0 Å². The van der Waals surface area contributed by atoms with E-state index in [2.05, 4.69) is 388 Å². The lowest BCUT2D eigenvalue weighted by molar-refractivity contribution is 0.590. The SMILES string of the molecule is [2H]c1c([2H])c([2H])c2c(c1[2H])c1c([2H])c([2H])c([2H])c([2H])c1n2-c1ccc2c(c1)N(c1c(-c3ccccc3)cc(-c3ccccc3)cc1-c1ccccc1)c1cc(C(C)(C)C)cc3c1B2c1cc(-c2cccc([Si](c4ccccc4)(c4ccccc4)c4ccccc4)c2)ccc1N3c1c(-c2ccccc2)cc(-c2ccccc2)cc1-c1ccccc1. The van der Waals surface area contributed by atoms with E-state index < -0.39 is 56.5 Å². The summed E-state index contributed by atoms with van der Waals surface area (Å²) in [6.07, 6.45) is 0. The van der Waals surface area contributed by atoms with Crippen molar-refractivity contribution in [1.82, 2.24) is 4.57 Å². The second kappa shape index (κ2) is 27.6. The molecular weight excluding hydrogens is 1350 g/mol. The second-order valence-electron chi connectivity index (χ2n) is 30.0. The van der Waals surface area contributed by atoms with Gasteiger partial charge in [0.25, 0.3) is 6.71 Å². The number of anilines is 6. The average molecular weight is 1440 g/mol. The van der Waals surface area contributed by atoms with Gasteiger partial charge >= 0.3 is 0 Å². The fourth-order valence-corrected chi connectivity index (χ4v) is 22.4. The van der Waals surface area contributed by atoms with Crippen LogP contribution >= 0.6 is 0 Å². The molecule has 0 saturated heterocycles. The lowest BCUT2D eigenvalue weighted by Gasteiger charge is -2.46. The summed E-state index contributed by atoms with van der Waals surface area (Å²) in [7, 11) is -3.10. The third-order valence-electron chi connectivity index (χ3n) is 22.7. The summed E-state index contributed by atoms with van der Waals surface area (Å²) in [5.74, 6) is 0. The van der Waals surface area contributed by atoms with E-state index in [-0.39, 0.29) is 33.9 Å². The molecule has 0 atom stereocenters. The van der Waals surface area contributed by atoms with Crippen LogP contribution in [0.2, 0.25) is 0 Å². The molecule has 1 aromatic heterocycles. The van der Waals surface area contributed by atoms with Crippen LogP contribution in [0.5, 0.6) is 0 Å². The Balaban J connectivity index is 0.968. The molecule has 0 fully saturated rings. The van der Waals surface area contributed by atoms with E-state index in [1.54, 1.807) is 4.57 Å². The van der Waals surface area contributed by atoms with Crippen molar-refractivity contribution in [2.45, 2.75) is 26.2 Å². The summed E-state index contributed by atoms with van der Waals surface area (Å²) in [6, 6.07) is 131. The van der Waals surface area contributed by atoms with Gasteiger partial charge in [-0.25, -0.2) is 0 Å². The summed E-state index contributed by atoms with van der Waals surface area (Å²) in [5, 5.41) is 5.03. The molecular formula is C106H78BN3Si. The Labute approximate surface area is 662 Å². The van der Waals surface area contributed by atoms with Crippen LogP contribution < -0.4 is 46.9 Å². The summed E-state index contributed by atoms with van der Waals surface area (Å²) in [5.41, 5.74) is 23.6. The molecule has 0 saturated carbocycles. The van der Waals surface area contributed by atoms with Gasteiger partial charge in [-0.2, -0.15) is 0 Å². The number of hydrogen-bond acceptors (Lipinski definition) is 2. The summed E-state index contributed by atoms with van der Waals surface area (Å²) in [6.45, 7) is 6.30. The largest absolute Gasteiger partial charge is 0.310 e. The van der Waals surface area contributed by atoms with E-state index in [1.165, 1.54) is 20.7 Å². The molecule has 3 heterocycles. The number of benzene rings is 17. The first-order chi connectivity index (χ1) is 58.0. The summed E-state index contributed by atoms with van der Waals surface area (Å²) >= 11 is 0. The van der Waals surface area contributed by atoms with Crippen LogP contribution in [0.3, 0.4) is 0 Å². The molecule has 111 heavy (non-hydrogen) atoms. The van der Waals surface area contributed by atoms with Crippen LogP contribution in [0, 0.1) is 0 Å². The van der Waals surface area contributed by atoms with Gasteiger partial charge < -0.3 is 14.4 Å². The van der Waals surface area contributed by atoms with E-state index in [9.17, 15) is 8.22 Å². The Hall–Kier alpha value is -13.6. The van der Waals surface area contributed by atoms with E-state index in [4.69, 9.17) is 2.74 Å². The molecule has 20 rings (SSSR count). The summed E-state index contributed by atoms with van der Waals surface area (Å²) in [4.78, 5) is 5.05. The maximum Gasteiger partial charge on any atom is 0.252 e. The average Bonchev–Trinajstić information content (AvgIpc) is 1.66. The van der Waals surface area contributed by atoms with Gasteiger partial charge in [0.2, 0.25) is 0 Å². The third-order valence-corrected chi connectivity index (χ3v) is 27.5. The minimum Gasteiger partial charge on any atom is -0.310 e. The highest BCUT2D eigenvalue weighted by molar-refractivity contribution is 7.20. The number of nitrogens with zero attached hydrogens (tertiary/aromatic N) is 3. The number of hydrogen-bond donors (Lipinski definition) is 0. The van der Waals surface area contributed by atoms with Crippen LogP contribution in [0.15, 0.2) is 418 Å². The highest BCUT2D eigenvalue weighted by Crippen LogP contribution is 2.55. The Kier molecular flexibility index (Phi) is 14.5. The molecule has 3 nitrogen and oxygen atoms in total. The number of para-hydroxylation sites is 2. The van der Waals surface area contributed by atoms with Crippen LogP contribution in [0.25, 0.3) is 105 Å². The first-order valence-electron chi connectivity index (χ1n) is 42.1. The maximum atomic E-state index is 9.96. The maximum absolute atomic E-state index is 9.96. The van der Waals surface area contributed by atoms with Gasteiger partial charge in [0.05, 0.1) is 33.4 Å². The van der Waals surface area contributed by atoms with Gasteiger partial charge in [-0.3, -0.25) is 0 Å². The normalized spacial score (nSPS) is 13.4. The second-order valence-corrected chi connectivity index (χ2v) is 33.9. The quantitative estimate of drug-likeness (QED) is 0.0794. The lowest BCUT2D eigenvalue weighted by Crippen LogP contribution is -2.74. The molecule has 18 aromatic rings. The zero-order valence-corrected chi connectivity index (χ0v) is 62.6. The molecule has 17 aromatic carbocycles. The molecule has 0 amide bonds. The first-order valence-corrected chi connectivity index (χ1v) is 40.1. The van der Waals surface area contributed by atoms with E-state index >= 15 is 0 Å². The van der Waals surface area contributed by atoms with Crippen LogP contribution in [-0.4, -0.2) is 19.4 Å².